The molecule has 0 radical (unpaired) electrons. The summed E-state index contributed by atoms with van der Waals surface area (Å²) in [7, 11) is 0. The van der Waals surface area contributed by atoms with Gasteiger partial charge < -0.3 is 10.2 Å². The van der Waals surface area contributed by atoms with Gasteiger partial charge >= 0.3 is 0 Å². The molecule has 1 atom stereocenters. The molecule has 1 heterocycles. The molecule has 3 aromatic rings. The number of benzene rings is 3. The molecule has 2 amide bonds. The van der Waals surface area contributed by atoms with Crippen LogP contribution in [0, 0.1) is 6.92 Å². The third-order valence-corrected chi connectivity index (χ3v) is 5.65. The Morgan fingerprint density at radius 1 is 0.933 bits per heavy atom. The van der Waals surface area contributed by atoms with Crippen molar-refractivity contribution in [1.82, 2.24) is 5.32 Å². The third kappa shape index (κ3) is 4.13. The van der Waals surface area contributed by atoms with Gasteiger partial charge in [-0.15, -0.1) is 0 Å². The van der Waals surface area contributed by atoms with E-state index in [9.17, 15) is 9.59 Å². The molecule has 0 aliphatic carbocycles. The van der Waals surface area contributed by atoms with Gasteiger partial charge in [-0.05, 0) is 68.1 Å². The first-order valence-electron chi connectivity index (χ1n) is 10.4. The first kappa shape index (κ1) is 19.9. The maximum atomic E-state index is 13.0. The molecule has 0 saturated heterocycles. The van der Waals surface area contributed by atoms with Gasteiger partial charge in [0.1, 0.15) is 0 Å². The Morgan fingerprint density at radius 3 is 2.37 bits per heavy atom. The lowest BCUT2D eigenvalue weighted by atomic mass is 9.97. The molecule has 4 rings (SSSR count). The molecule has 1 aliphatic heterocycles. The molecule has 0 saturated carbocycles. The minimum atomic E-state index is -0.101. The lowest BCUT2D eigenvalue weighted by Gasteiger charge is -2.30. The molecule has 0 bridgehead atoms. The molecule has 0 aromatic heterocycles. The molecule has 0 unspecified atom stereocenters. The monoisotopic (exact) mass is 398 g/mol. The van der Waals surface area contributed by atoms with E-state index >= 15 is 0 Å². The van der Waals surface area contributed by atoms with Crippen LogP contribution >= 0.6 is 0 Å². The summed E-state index contributed by atoms with van der Waals surface area (Å²) < 4.78 is 0. The number of nitrogens with one attached hydrogen (secondary N) is 1. The molecule has 0 spiro atoms. The number of carbonyl (C=O) groups excluding carboxylic acids is 2. The van der Waals surface area contributed by atoms with Gasteiger partial charge in [-0.2, -0.15) is 0 Å². The van der Waals surface area contributed by atoms with E-state index in [1.807, 2.05) is 91.5 Å². The number of anilines is 1. The number of aryl methyl sites for hydroxylation is 2. The predicted octanol–water partition coefficient (Wildman–Crippen LogP) is 5.08. The first-order valence-corrected chi connectivity index (χ1v) is 10.4. The Labute approximate surface area is 177 Å². The van der Waals surface area contributed by atoms with Crippen molar-refractivity contribution >= 4 is 17.5 Å². The number of rotatable bonds is 4. The van der Waals surface area contributed by atoms with Crippen LogP contribution in [0.2, 0.25) is 0 Å². The summed E-state index contributed by atoms with van der Waals surface area (Å²) in [5.41, 5.74) is 5.46. The third-order valence-electron chi connectivity index (χ3n) is 5.65. The van der Waals surface area contributed by atoms with Crippen LogP contribution < -0.4 is 10.2 Å². The summed E-state index contributed by atoms with van der Waals surface area (Å²) in [6.07, 6.45) is 1.75. The molecular formula is C26H26N2O2. The van der Waals surface area contributed by atoms with E-state index < -0.39 is 0 Å². The largest absolute Gasteiger partial charge is 0.346 e. The van der Waals surface area contributed by atoms with E-state index in [1.54, 1.807) is 0 Å². The summed E-state index contributed by atoms with van der Waals surface area (Å²) in [5.74, 6) is -0.0954. The molecule has 1 N–H and O–H groups in total. The number of hydrogen-bond donors (Lipinski definition) is 1. The summed E-state index contributed by atoms with van der Waals surface area (Å²) in [5, 5.41) is 3.06. The van der Waals surface area contributed by atoms with Gasteiger partial charge in [-0.25, -0.2) is 0 Å². The van der Waals surface area contributed by atoms with E-state index in [0.717, 1.165) is 35.2 Å². The molecule has 1 aliphatic rings. The fraction of sp³-hybridized carbons (Fsp3) is 0.231. The maximum absolute atomic E-state index is 13.0. The molecule has 4 nitrogen and oxygen atoms in total. The molecule has 0 fully saturated rings. The zero-order valence-corrected chi connectivity index (χ0v) is 17.4. The Hall–Kier alpha value is -3.40. The van der Waals surface area contributed by atoms with Gasteiger partial charge in [-0.1, -0.05) is 48.0 Å². The number of fused-ring (bicyclic) bond motifs is 1. The second-order valence-corrected chi connectivity index (χ2v) is 7.88. The van der Waals surface area contributed by atoms with E-state index in [4.69, 9.17) is 0 Å². The Morgan fingerprint density at radius 2 is 1.63 bits per heavy atom. The summed E-state index contributed by atoms with van der Waals surface area (Å²) in [4.78, 5) is 27.7. The van der Waals surface area contributed by atoms with Crippen molar-refractivity contribution in [3.8, 4) is 0 Å². The van der Waals surface area contributed by atoms with Crippen LogP contribution in [0.25, 0.3) is 0 Å². The van der Waals surface area contributed by atoms with Crippen LogP contribution in [0.4, 0.5) is 5.69 Å². The van der Waals surface area contributed by atoms with Crippen molar-refractivity contribution in [3.63, 3.8) is 0 Å². The van der Waals surface area contributed by atoms with E-state index in [1.165, 1.54) is 0 Å². The lowest BCUT2D eigenvalue weighted by molar-refractivity contribution is 0.0939. The number of amides is 2. The number of nitrogens with zero attached hydrogens (tertiary/aromatic N) is 1. The average molecular weight is 399 g/mol. The van der Waals surface area contributed by atoms with Gasteiger partial charge in [0.25, 0.3) is 11.8 Å². The second-order valence-electron chi connectivity index (χ2n) is 7.88. The van der Waals surface area contributed by atoms with Crippen molar-refractivity contribution in [2.45, 2.75) is 32.7 Å². The van der Waals surface area contributed by atoms with E-state index in [2.05, 4.69) is 5.32 Å². The maximum Gasteiger partial charge on any atom is 0.258 e. The van der Waals surface area contributed by atoms with Gasteiger partial charge in [0.15, 0.2) is 0 Å². The van der Waals surface area contributed by atoms with Gasteiger partial charge in [0, 0.05) is 23.4 Å². The number of carbonyl (C=O) groups is 2. The molecular weight excluding hydrogens is 372 g/mol. The minimum Gasteiger partial charge on any atom is -0.346 e. The zero-order valence-electron chi connectivity index (χ0n) is 17.4. The van der Waals surface area contributed by atoms with Crippen molar-refractivity contribution in [2.24, 2.45) is 0 Å². The molecule has 30 heavy (non-hydrogen) atoms. The summed E-state index contributed by atoms with van der Waals surface area (Å²) >= 11 is 0. The highest BCUT2D eigenvalue weighted by Crippen LogP contribution is 2.29. The summed E-state index contributed by atoms with van der Waals surface area (Å²) in [6.45, 7) is 4.68. The minimum absolute atomic E-state index is 0.00542. The van der Waals surface area contributed by atoms with Crippen LogP contribution in [-0.2, 0) is 6.42 Å². The van der Waals surface area contributed by atoms with Crippen LogP contribution in [0.1, 0.15) is 56.8 Å². The Bertz CT molecular complexity index is 1060. The van der Waals surface area contributed by atoms with Gasteiger partial charge in [-0.3, -0.25) is 9.59 Å². The molecule has 3 aromatic carbocycles. The number of hydrogen-bond acceptors (Lipinski definition) is 2. The molecule has 152 valence electrons. The predicted molar refractivity (Wildman–Crippen MR) is 120 cm³/mol. The highest BCUT2D eigenvalue weighted by atomic mass is 16.2. The van der Waals surface area contributed by atoms with Crippen molar-refractivity contribution in [3.05, 3.63) is 101 Å². The first-order chi connectivity index (χ1) is 14.5. The Balaban J connectivity index is 1.53. The van der Waals surface area contributed by atoms with Crippen LogP contribution in [-0.4, -0.2) is 18.4 Å². The fourth-order valence-electron chi connectivity index (χ4n) is 3.91. The SMILES string of the molecule is Cc1ccc(C(=O)N2CCCc3cc(C(=O)N[C@@H](C)c4ccccc4)ccc32)cc1. The Kier molecular flexibility index (Phi) is 5.66. The van der Waals surface area contributed by atoms with E-state index in [-0.39, 0.29) is 17.9 Å². The van der Waals surface area contributed by atoms with Gasteiger partial charge in [0.05, 0.1) is 6.04 Å². The quantitative estimate of drug-likeness (QED) is 0.666. The second kappa shape index (κ2) is 8.54. The summed E-state index contributed by atoms with van der Waals surface area (Å²) in [6, 6.07) is 23.1. The topological polar surface area (TPSA) is 49.4 Å². The highest BCUT2D eigenvalue weighted by Gasteiger charge is 2.24. The standard InChI is InChI=1S/C26H26N2O2/c1-18-10-12-21(13-11-18)26(30)28-16-6-9-22-17-23(14-15-24(22)28)25(29)27-19(2)20-7-4-3-5-8-20/h3-5,7-8,10-15,17,19H,6,9,16H2,1-2H3,(H,27,29)/t19-/m0/s1. The lowest BCUT2D eigenvalue weighted by Crippen LogP contribution is -2.35. The van der Waals surface area contributed by atoms with Gasteiger partial charge in [0.2, 0.25) is 0 Å². The van der Waals surface area contributed by atoms with Crippen molar-refractivity contribution < 1.29 is 9.59 Å². The zero-order chi connectivity index (χ0) is 21.1. The van der Waals surface area contributed by atoms with Crippen LogP contribution in [0.3, 0.4) is 0 Å². The van der Waals surface area contributed by atoms with E-state index in [0.29, 0.717) is 17.7 Å². The fourth-order valence-corrected chi connectivity index (χ4v) is 3.91. The average Bonchev–Trinajstić information content (AvgIpc) is 2.79. The van der Waals surface area contributed by atoms with Crippen molar-refractivity contribution in [1.29, 1.82) is 0 Å². The van der Waals surface area contributed by atoms with Crippen LogP contribution in [0.15, 0.2) is 72.8 Å². The van der Waals surface area contributed by atoms with Crippen molar-refractivity contribution in [2.75, 3.05) is 11.4 Å². The smallest absolute Gasteiger partial charge is 0.258 e. The molecule has 4 heteroatoms. The highest BCUT2D eigenvalue weighted by molar-refractivity contribution is 6.07. The normalized spacial score (nSPS) is 14.0. The van der Waals surface area contributed by atoms with Crippen LogP contribution in [0.5, 0.6) is 0 Å².